The van der Waals surface area contributed by atoms with E-state index in [-0.39, 0.29) is 5.91 Å². The molecule has 0 fully saturated rings. The average Bonchev–Trinajstić information content (AvgIpc) is 3.00. The molecule has 0 aliphatic heterocycles. The summed E-state index contributed by atoms with van der Waals surface area (Å²) >= 11 is 7.76. The molecule has 0 N–H and O–H groups in total. The first kappa shape index (κ1) is 17.1. The first-order valence-corrected chi connectivity index (χ1v) is 9.79. The van der Waals surface area contributed by atoms with Crippen molar-refractivity contribution in [1.82, 2.24) is 4.57 Å². The number of aromatic nitrogens is 1. The quantitative estimate of drug-likeness (QED) is 0.598. The summed E-state index contributed by atoms with van der Waals surface area (Å²) in [5, 5.41) is 0.608. The molecule has 0 bridgehead atoms. The maximum absolute atomic E-state index is 12.8. The van der Waals surface area contributed by atoms with Crippen LogP contribution in [0.1, 0.15) is 34.3 Å². The van der Waals surface area contributed by atoms with Gasteiger partial charge in [0.2, 0.25) is 0 Å². The highest BCUT2D eigenvalue weighted by Gasteiger charge is 2.14. The van der Waals surface area contributed by atoms with Crippen molar-refractivity contribution in [2.75, 3.05) is 0 Å². The van der Waals surface area contributed by atoms with Crippen molar-refractivity contribution in [3.05, 3.63) is 62.9 Å². The standard InChI is InChI=1S/C21H17ClN2OS/c1-2-12-24-19-17(22)8-5-9-18(19)26-21(24)23-20(25)16-11-10-14-6-3-4-7-15(14)13-16/h1,5,8-11,13H,3-4,6-7,12H2. The van der Waals surface area contributed by atoms with Gasteiger partial charge < -0.3 is 4.57 Å². The smallest absolute Gasteiger partial charge is 0.279 e. The Morgan fingerprint density at radius 1 is 1.23 bits per heavy atom. The number of aryl methyl sites for hydroxylation is 2. The van der Waals surface area contributed by atoms with E-state index in [2.05, 4.69) is 17.0 Å². The fourth-order valence-electron chi connectivity index (χ4n) is 3.43. The van der Waals surface area contributed by atoms with E-state index in [1.54, 1.807) is 0 Å². The predicted octanol–water partition coefficient (Wildman–Crippen LogP) is 4.61. The van der Waals surface area contributed by atoms with Gasteiger partial charge in [-0.05, 0) is 61.1 Å². The third kappa shape index (κ3) is 3.09. The maximum atomic E-state index is 12.8. The van der Waals surface area contributed by atoms with E-state index in [0.29, 0.717) is 21.9 Å². The molecule has 1 aromatic heterocycles. The largest absolute Gasteiger partial charge is 0.303 e. The van der Waals surface area contributed by atoms with Gasteiger partial charge in [0.1, 0.15) is 0 Å². The molecule has 0 atom stereocenters. The number of benzene rings is 2. The second-order valence-corrected chi connectivity index (χ2v) is 7.79. The molecule has 1 heterocycles. The highest BCUT2D eigenvalue weighted by molar-refractivity contribution is 7.16. The molecule has 1 aliphatic rings. The van der Waals surface area contributed by atoms with Crippen LogP contribution < -0.4 is 4.80 Å². The van der Waals surface area contributed by atoms with Gasteiger partial charge in [-0.15, -0.1) is 6.42 Å². The zero-order valence-electron chi connectivity index (χ0n) is 14.2. The van der Waals surface area contributed by atoms with Crippen LogP contribution in [0, 0.1) is 12.3 Å². The van der Waals surface area contributed by atoms with E-state index in [1.807, 2.05) is 34.9 Å². The Morgan fingerprint density at radius 3 is 2.85 bits per heavy atom. The molecular weight excluding hydrogens is 364 g/mol. The molecule has 0 saturated carbocycles. The summed E-state index contributed by atoms with van der Waals surface area (Å²) in [7, 11) is 0. The Morgan fingerprint density at radius 2 is 2.04 bits per heavy atom. The minimum absolute atomic E-state index is 0.244. The van der Waals surface area contributed by atoms with Gasteiger partial charge in [0, 0.05) is 5.56 Å². The van der Waals surface area contributed by atoms with Crippen LogP contribution in [0.5, 0.6) is 0 Å². The molecule has 3 nitrogen and oxygen atoms in total. The van der Waals surface area contributed by atoms with E-state index in [1.165, 1.54) is 35.3 Å². The van der Waals surface area contributed by atoms with E-state index in [0.717, 1.165) is 23.1 Å². The normalized spacial score (nSPS) is 14.2. The summed E-state index contributed by atoms with van der Waals surface area (Å²) in [5.74, 6) is 2.38. The number of nitrogens with zero attached hydrogens (tertiary/aromatic N) is 2. The van der Waals surface area contributed by atoms with Gasteiger partial charge in [-0.25, -0.2) is 0 Å². The molecule has 26 heavy (non-hydrogen) atoms. The third-order valence-electron chi connectivity index (χ3n) is 4.69. The zero-order chi connectivity index (χ0) is 18.1. The molecule has 3 aromatic rings. The van der Waals surface area contributed by atoms with Gasteiger partial charge in [0.25, 0.3) is 5.91 Å². The summed E-state index contributed by atoms with van der Waals surface area (Å²) in [6.07, 6.45) is 10.0. The van der Waals surface area contributed by atoms with Crippen molar-refractivity contribution in [3.63, 3.8) is 0 Å². The van der Waals surface area contributed by atoms with Crippen molar-refractivity contribution >= 4 is 39.1 Å². The van der Waals surface area contributed by atoms with Crippen LogP contribution in [0.25, 0.3) is 10.2 Å². The lowest BCUT2D eigenvalue weighted by molar-refractivity contribution is 0.0998. The van der Waals surface area contributed by atoms with Crippen molar-refractivity contribution in [1.29, 1.82) is 0 Å². The van der Waals surface area contributed by atoms with Crippen LogP contribution in [0.2, 0.25) is 5.02 Å². The fraction of sp³-hybridized carbons (Fsp3) is 0.238. The Kier molecular flexibility index (Phi) is 4.67. The predicted molar refractivity (Wildman–Crippen MR) is 107 cm³/mol. The number of carbonyl (C=O) groups is 1. The summed E-state index contributed by atoms with van der Waals surface area (Å²) in [6, 6.07) is 11.6. The van der Waals surface area contributed by atoms with Gasteiger partial charge in [-0.3, -0.25) is 4.79 Å². The third-order valence-corrected chi connectivity index (χ3v) is 6.04. The molecule has 1 amide bonds. The van der Waals surface area contributed by atoms with Crippen molar-refractivity contribution < 1.29 is 4.79 Å². The molecule has 130 valence electrons. The van der Waals surface area contributed by atoms with Crippen molar-refractivity contribution in [3.8, 4) is 12.3 Å². The first-order chi connectivity index (χ1) is 12.7. The lowest BCUT2D eigenvalue weighted by Crippen LogP contribution is -2.17. The number of hydrogen-bond acceptors (Lipinski definition) is 2. The van der Waals surface area contributed by atoms with Gasteiger partial charge in [-0.2, -0.15) is 4.99 Å². The molecule has 0 saturated heterocycles. The maximum Gasteiger partial charge on any atom is 0.279 e. The molecule has 0 spiro atoms. The Balaban J connectivity index is 1.81. The Bertz CT molecular complexity index is 1120. The molecule has 0 unspecified atom stereocenters. The number of amides is 1. The van der Waals surface area contributed by atoms with E-state index in [9.17, 15) is 4.79 Å². The lowest BCUT2D eigenvalue weighted by atomic mass is 9.90. The lowest BCUT2D eigenvalue weighted by Gasteiger charge is -2.15. The topological polar surface area (TPSA) is 34.4 Å². The highest BCUT2D eigenvalue weighted by Crippen LogP contribution is 2.26. The molecule has 0 radical (unpaired) electrons. The van der Waals surface area contributed by atoms with Gasteiger partial charge >= 0.3 is 0 Å². The van der Waals surface area contributed by atoms with Crippen LogP contribution in [0.15, 0.2) is 41.4 Å². The molecule has 4 rings (SSSR count). The summed E-state index contributed by atoms with van der Waals surface area (Å²) in [4.78, 5) is 17.7. The Hall–Kier alpha value is -2.35. The number of fused-ring (bicyclic) bond motifs is 2. The van der Waals surface area contributed by atoms with Crippen LogP contribution in [-0.4, -0.2) is 10.5 Å². The van der Waals surface area contributed by atoms with E-state index < -0.39 is 0 Å². The van der Waals surface area contributed by atoms with Crippen molar-refractivity contribution in [2.24, 2.45) is 4.99 Å². The van der Waals surface area contributed by atoms with Gasteiger partial charge in [0.15, 0.2) is 4.80 Å². The van der Waals surface area contributed by atoms with Crippen LogP contribution >= 0.6 is 22.9 Å². The van der Waals surface area contributed by atoms with E-state index >= 15 is 0 Å². The first-order valence-electron chi connectivity index (χ1n) is 8.59. The number of halogens is 1. The summed E-state index contributed by atoms with van der Waals surface area (Å²) < 4.78 is 2.79. The molecular formula is C21H17ClN2OS. The number of para-hydroxylation sites is 1. The number of terminal acetylenes is 1. The monoisotopic (exact) mass is 380 g/mol. The highest BCUT2D eigenvalue weighted by atomic mass is 35.5. The summed E-state index contributed by atoms with van der Waals surface area (Å²) in [6.45, 7) is 0.319. The zero-order valence-corrected chi connectivity index (χ0v) is 15.7. The Labute approximate surface area is 161 Å². The molecule has 2 aromatic carbocycles. The fourth-order valence-corrected chi connectivity index (χ4v) is 4.82. The minimum Gasteiger partial charge on any atom is -0.303 e. The second kappa shape index (κ2) is 7.11. The number of rotatable bonds is 2. The number of hydrogen-bond donors (Lipinski definition) is 0. The molecule has 5 heteroatoms. The van der Waals surface area contributed by atoms with Crippen LogP contribution in [-0.2, 0) is 19.4 Å². The van der Waals surface area contributed by atoms with Crippen molar-refractivity contribution in [2.45, 2.75) is 32.2 Å². The van der Waals surface area contributed by atoms with Crippen LogP contribution in [0.4, 0.5) is 0 Å². The van der Waals surface area contributed by atoms with Crippen LogP contribution in [0.3, 0.4) is 0 Å². The molecule has 1 aliphatic carbocycles. The second-order valence-electron chi connectivity index (χ2n) is 6.37. The summed E-state index contributed by atoms with van der Waals surface area (Å²) in [5.41, 5.74) is 4.08. The number of thiazole rings is 1. The average molecular weight is 381 g/mol. The van der Waals surface area contributed by atoms with Gasteiger partial charge in [-0.1, -0.05) is 41.0 Å². The number of carbonyl (C=O) groups excluding carboxylic acids is 1. The van der Waals surface area contributed by atoms with E-state index in [4.69, 9.17) is 18.0 Å². The SMILES string of the molecule is C#CCn1c(=NC(=O)c2ccc3c(c2)CCCC3)sc2cccc(Cl)c21. The van der Waals surface area contributed by atoms with Gasteiger partial charge in [0.05, 0.1) is 21.8 Å². The minimum atomic E-state index is -0.244.